The first-order chi connectivity index (χ1) is 13.7. The van der Waals surface area contributed by atoms with Crippen molar-refractivity contribution in [2.45, 2.75) is 25.8 Å². The smallest absolute Gasteiger partial charge is 0.227 e. The summed E-state index contributed by atoms with van der Waals surface area (Å²) in [6.07, 6.45) is 0.969. The van der Waals surface area contributed by atoms with Gasteiger partial charge >= 0.3 is 0 Å². The maximum absolute atomic E-state index is 13.3. The average Bonchev–Trinajstić information content (AvgIpc) is 2.74. The van der Waals surface area contributed by atoms with Gasteiger partial charge in [-0.3, -0.25) is 9.69 Å². The molecule has 2 heterocycles. The summed E-state index contributed by atoms with van der Waals surface area (Å²) in [5.74, 6) is 3.05. The predicted molar refractivity (Wildman–Crippen MR) is 118 cm³/mol. The Kier molecular flexibility index (Phi) is 6.38. The van der Waals surface area contributed by atoms with Gasteiger partial charge in [0, 0.05) is 44.2 Å². The van der Waals surface area contributed by atoms with Gasteiger partial charge in [-0.15, -0.1) is 0 Å². The third-order valence-corrected chi connectivity index (χ3v) is 6.90. The lowest BCUT2D eigenvalue weighted by atomic mass is 9.83. The molecular weight excluding hydrogens is 364 g/mol. The molecule has 4 rings (SSSR count). The normalized spacial score (nSPS) is 23.5. The number of rotatable bonds is 4. The second-order valence-corrected chi connectivity index (χ2v) is 9.39. The largest absolute Gasteiger partial charge is 0.341 e. The van der Waals surface area contributed by atoms with Crippen molar-refractivity contribution in [2.24, 2.45) is 5.92 Å². The van der Waals surface area contributed by atoms with Gasteiger partial charge in [0.2, 0.25) is 5.91 Å². The van der Waals surface area contributed by atoms with Crippen LogP contribution in [0.3, 0.4) is 0 Å². The lowest BCUT2D eigenvalue weighted by molar-refractivity contribution is -0.137. The Bertz CT molecular complexity index is 788. The highest BCUT2D eigenvalue weighted by atomic mass is 32.2. The van der Waals surface area contributed by atoms with E-state index in [1.807, 2.05) is 11.8 Å². The summed E-state index contributed by atoms with van der Waals surface area (Å²) >= 11 is 1.96. The molecule has 3 nitrogen and oxygen atoms in total. The summed E-state index contributed by atoms with van der Waals surface area (Å²) in [6, 6.07) is 19.5. The topological polar surface area (TPSA) is 23.6 Å². The van der Waals surface area contributed by atoms with Crippen LogP contribution >= 0.6 is 11.8 Å². The van der Waals surface area contributed by atoms with Gasteiger partial charge in [0.25, 0.3) is 0 Å². The van der Waals surface area contributed by atoms with Crippen LogP contribution in [0.2, 0.25) is 0 Å². The molecule has 4 heteroatoms. The van der Waals surface area contributed by atoms with Crippen LogP contribution in [0.4, 0.5) is 0 Å². The minimum Gasteiger partial charge on any atom is -0.341 e. The van der Waals surface area contributed by atoms with E-state index in [0.29, 0.717) is 11.8 Å². The van der Waals surface area contributed by atoms with Crippen molar-refractivity contribution in [2.75, 3.05) is 37.7 Å². The second kappa shape index (κ2) is 9.15. The summed E-state index contributed by atoms with van der Waals surface area (Å²) in [5, 5.41) is 0. The van der Waals surface area contributed by atoms with E-state index in [1.54, 1.807) is 0 Å². The summed E-state index contributed by atoms with van der Waals surface area (Å²) in [7, 11) is 0. The van der Waals surface area contributed by atoms with Crippen molar-refractivity contribution in [3.63, 3.8) is 0 Å². The Morgan fingerprint density at radius 1 is 1.04 bits per heavy atom. The van der Waals surface area contributed by atoms with Crippen LogP contribution in [0.5, 0.6) is 0 Å². The summed E-state index contributed by atoms with van der Waals surface area (Å²) in [4.78, 5) is 17.9. The van der Waals surface area contributed by atoms with Crippen LogP contribution in [0.25, 0.3) is 0 Å². The van der Waals surface area contributed by atoms with Gasteiger partial charge in [0.1, 0.15) is 0 Å². The van der Waals surface area contributed by atoms with Crippen LogP contribution in [0, 0.1) is 12.8 Å². The molecule has 148 valence electrons. The molecule has 0 aromatic heterocycles. The lowest BCUT2D eigenvalue weighted by Gasteiger charge is -2.40. The molecule has 1 amide bonds. The number of hydrogen-bond acceptors (Lipinski definition) is 3. The molecule has 0 radical (unpaired) electrons. The van der Waals surface area contributed by atoms with Gasteiger partial charge in [-0.05, 0) is 30.4 Å². The fourth-order valence-electron chi connectivity index (χ4n) is 4.55. The van der Waals surface area contributed by atoms with Crippen LogP contribution in [-0.4, -0.2) is 53.4 Å². The van der Waals surface area contributed by atoms with E-state index in [9.17, 15) is 4.79 Å². The molecule has 2 aromatic rings. The van der Waals surface area contributed by atoms with Crippen molar-refractivity contribution in [1.82, 2.24) is 9.80 Å². The van der Waals surface area contributed by atoms with Crippen LogP contribution < -0.4 is 0 Å². The van der Waals surface area contributed by atoms with Crippen LogP contribution in [0.15, 0.2) is 54.6 Å². The SMILES string of the molecule is Cc1cccc([C@H]2C[C@@H](C(=O)N3CCSCC3)CN(Cc3ccccc3)C2)c1. The van der Waals surface area contributed by atoms with E-state index in [2.05, 4.69) is 71.3 Å². The Labute approximate surface area is 173 Å². The Hall–Kier alpha value is -1.78. The van der Waals surface area contributed by atoms with E-state index in [4.69, 9.17) is 0 Å². The maximum atomic E-state index is 13.3. The van der Waals surface area contributed by atoms with Gasteiger partial charge in [0.15, 0.2) is 0 Å². The number of likely N-dealkylation sites (tertiary alicyclic amines) is 1. The lowest BCUT2D eigenvalue weighted by Crippen LogP contribution is -2.48. The van der Waals surface area contributed by atoms with Gasteiger partial charge in [0.05, 0.1) is 5.92 Å². The molecule has 0 N–H and O–H groups in total. The van der Waals surface area contributed by atoms with E-state index in [0.717, 1.165) is 50.7 Å². The summed E-state index contributed by atoms with van der Waals surface area (Å²) in [6.45, 7) is 6.80. The highest BCUT2D eigenvalue weighted by molar-refractivity contribution is 7.99. The van der Waals surface area contributed by atoms with Gasteiger partial charge in [-0.2, -0.15) is 11.8 Å². The minimum absolute atomic E-state index is 0.103. The number of carbonyl (C=O) groups excluding carboxylic acids is 1. The van der Waals surface area contributed by atoms with Crippen LogP contribution in [-0.2, 0) is 11.3 Å². The summed E-state index contributed by atoms with van der Waals surface area (Å²) in [5.41, 5.74) is 4.01. The zero-order chi connectivity index (χ0) is 19.3. The number of piperidine rings is 1. The molecule has 0 bridgehead atoms. The standard InChI is InChI=1S/C24H30N2OS/c1-19-6-5-9-21(14-19)22-15-23(24(27)26-10-12-28-13-11-26)18-25(17-22)16-20-7-3-2-4-8-20/h2-9,14,22-23H,10-13,15-18H2,1H3/t22-,23+/m0/s1. The van der Waals surface area contributed by atoms with E-state index >= 15 is 0 Å². The Morgan fingerprint density at radius 3 is 2.57 bits per heavy atom. The molecule has 2 atom stereocenters. The molecule has 0 spiro atoms. The van der Waals surface area contributed by atoms with Gasteiger partial charge in [-0.25, -0.2) is 0 Å². The van der Waals surface area contributed by atoms with E-state index < -0.39 is 0 Å². The quantitative estimate of drug-likeness (QED) is 0.777. The van der Waals surface area contributed by atoms with Gasteiger partial charge < -0.3 is 4.90 Å². The van der Waals surface area contributed by atoms with Crippen molar-refractivity contribution < 1.29 is 4.79 Å². The average molecular weight is 395 g/mol. The molecule has 0 saturated carbocycles. The molecule has 2 aliphatic heterocycles. The maximum Gasteiger partial charge on any atom is 0.227 e. The number of hydrogen-bond donors (Lipinski definition) is 0. The molecule has 2 fully saturated rings. The first kappa shape index (κ1) is 19.5. The number of aryl methyl sites for hydroxylation is 1. The Morgan fingerprint density at radius 2 is 1.82 bits per heavy atom. The second-order valence-electron chi connectivity index (χ2n) is 8.16. The zero-order valence-electron chi connectivity index (χ0n) is 16.7. The number of carbonyl (C=O) groups is 1. The van der Waals surface area contributed by atoms with Crippen molar-refractivity contribution >= 4 is 17.7 Å². The van der Waals surface area contributed by atoms with E-state index in [-0.39, 0.29) is 5.92 Å². The molecule has 2 aliphatic rings. The van der Waals surface area contributed by atoms with Gasteiger partial charge in [-0.1, -0.05) is 60.2 Å². The molecule has 0 aliphatic carbocycles. The zero-order valence-corrected chi connectivity index (χ0v) is 17.5. The highest BCUT2D eigenvalue weighted by Crippen LogP contribution is 2.33. The van der Waals surface area contributed by atoms with Crippen molar-refractivity contribution in [3.8, 4) is 0 Å². The number of amides is 1. The Balaban J connectivity index is 1.54. The predicted octanol–water partition coefficient (Wildman–Crippen LogP) is 4.18. The first-order valence-electron chi connectivity index (χ1n) is 10.4. The first-order valence-corrected chi connectivity index (χ1v) is 11.5. The molecule has 28 heavy (non-hydrogen) atoms. The minimum atomic E-state index is 0.103. The molecule has 0 unspecified atom stereocenters. The fourth-order valence-corrected chi connectivity index (χ4v) is 5.45. The fraction of sp³-hybridized carbons (Fsp3) is 0.458. The number of thioether (sulfide) groups is 1. The van der Waals surface area contributed by atoms with Crippen molar-refractivity contribution in [3.05, 3.63) is 71.3 Å². The number of benzene rings is 2. The van der Waals surface area contributed by atoms with Crippen LogP contribution in [0.1, 0.15) is 29.0 Å². The third-order valence-electron chi connectivity index (χ3n) is 5.96. The van der Waals surface area contributed by atoms with E-state index in [1.165, 1.54) is 16.7 Å². The van der Waals surface area contributed by atoms with Crippen molar-refractivity contribution in [1.29, 1.82) is 0 Å². The molecular formula is C24H30N2OS. The highest BCUT2D eigenvalue weighted by Gasteiger charge is 2.35. The third kappa shape index (κ3) is 4.79. The molecule has 2 saturated heterocycles. The summed E-state index contributed by atoms with van der Waals surface area (Å²) < 4.78 is 0. The molecule has 2 aromatic carbocycles. The number of nitrogens with zero attached hydrogens (tertiary/aromatic N) is 2. The monoisotopic (exact) mass is 394 g/mol.